The average Bonchev–Trinajstić information content (AvgIpc) is 3.06. The SMILES string of the molecule is C[C@@H]1CCCCO[C@@H](CN(C)Cc2ccc(C(=O)O)cc2)[C@@H](C)CN([C@H](C)CO)C(=O)c2cc(NC(=O)Cc3ccccc3)ccc2O1. The molecule has 0 saturated carbocycles. The predicted octanol–water partition coefficient (Wildman–Crippen LogP) is 5.49. The van der Waals surface area contributed by atoms with E-state index in [0.717, 1.165) is 30.4 Å². The average molecular weight is 660 g/mol. The number of likely N-dealkylation sites (N-methyl/N-ethyl adjacent to an activating group) is 1. The fraction of sp³-hybridized carbons (Fsp3) is 0.447. The van der Waals surface area contributed by atoms with Crippen LogP contribution in [0, 0.1) is 5.92 Å². The number of amides is 2. The van der Waals surface area contributed by atoms with Gasteiger partial charge in [-0.3, -0.25) is 14.5 Å². The molecule has 1 heterocycles. The van der Waals surface area contributed by atoms with E-state index < -0.39 is 12.0 Å². The molecule has 0 aliphatic carbocycles. The Morgan fingerprint density at radius 2 is 1.75 bits per heavy atom. The van der Waals surface area contributed by atoms with E-state index in [1.807, 2.05) is 63.4 Å². The molecule has 3 aromatic carbocycles. The molecule has 0 aromatic heterocycles. The Kier molecular flexibility index (Phi) is 13.5. The van der Waals surface area contributed by atoms with Crippen LogP contribution in [0.2, 0.25) is 0 Å². The van der Waals surface area contributed by atoms with E-state index in [1.54, 1.807) is 35.2 Å². The third-order valence-electron chi connectivity index (χ3n) is 8.69. The van der Waals surface area contributed by atoms with Crippen molar-refractivity contribution >= 4 is 23.5 Å². The van der Waals surface area contributed by atoms with E-state index in [4.69, 9.17) is 9.47 Å². The minimum absolute atomic E-state index is 0.0974. The topological polar surface area (TPSA) is 129 Å². The molecule has 4 rings (SSSR count). The van der Waals surface area contributed by atoms with E-state index in [9.17, 15) is 24.6 Å². The van der Waals surface area contributed by atoms with Gasteiger partial charge in [0.05, 0.1) is 42.4 Å². The zero-order valence-corrected chi connectivity index (χ0v) is 28.4. The minimum Gasteiger partial charge on any atom is -0.490 e. The normalized spacial score (nSPS) is 19.9. The summed E-state index contributed by atoms with van der Waals surface area (Å²) in [4.78, 5) is 42.3. The predicted molar refractivity (Wildman–Crippen MR) is 185 cm³/mol. The lowest BCUT2D eigenvalue weighted by Gasteiger charge is -2.36. The number of hydrogen-bond donors (Lipinski definition) is 3. The number of aliphatic hydroxyl groups excluding tert-OH is 1. The summed E-state index contributed by atoms with van der Waals surface area (Å²) in [6, 6.07) is 21.0. The largest absolute Gasteiger partial charge is 0.490 e. The summed E-state index contributed by atoms with van der Waals surface area (Å²) in [5.74, 6) is -1.11. The molecule has 48 heavy (non-hydrogen) atoms. The molecule has 3 aromatic rings. The number of anilines is 1. The van der Waals surface area contributed by atoms with Gasteiger partial charge in [0.2, 0.25) is 5.91 Å². The van der Waals surface area contributed by atoms with Crippen LogP contribution in [-0.4, -0.2) is 89.4 Å². The molecule has 2 amide bonds. The standard InChI is InChI=1S/C38H49N3O7/c1-26-22-41(27(2)25-42)37(44)33-21-32(39-36(43)20-29-11-6-5-7-12-29)17-18-34(33)48-28(3)10-8-9-19-47-35(26)24-40(4)23-30-13-15-31(16-14-30)38(45)46/h5-7,11-18,21,26-28,35,42H,8-10,19-20,22-25H2,1-4H3,(H,39,43)(H,45,46)/t26-,27+,28+,35-/m0/s1. The molecular formula is C38H49N3O7. The van der Waals surface area contributed by atoms with Crippen molar-refractivity contribution in [1.82, 2.24) is 9.80 Å². The fourth-order valence-corrected chi connectivity index (χ4v) is 5.89. The Hall–Kier alpha value is -4.25. The molecular weight excluding hydrogens is 610 g/mol. The number of aliphatic hydroxyl groups is 1. The van der Waals surface area contributed by atoms with Crippen LogP contribution in [0.5, 0.6) is 5.75 Å². The summed E-state index contributed by atoms with van der Waals surface area (Å²) in [7, 11) is 1.99. The zero-order chi connectivity index (χ0) is 34.6. The summed E-state index contributed by atoms with van der Waals surface area (Å²) in [6.45, 7) is 7.69. The molecule has 4 atom stereocenters. The Labute approximate surface area is 283 Å². The zero-order valence-electron chi connectivity index (χ0n) is 28.4. The van der Waals surface area contributed by atoms with Gasteiger partial charge in [0.1, 0.15) is 5.75 Å². The lowest BCUT2D eigenvalue weighted by atomic mass is 10.0. The summed E-state index contributed by atoms with van der Waals surface area (Å²) < 4.78 is 12.8. The molecule has 0 saturated heterocycles. The van der Waals surface area contributed by atoms with Gasteiger partial charge < -0.3 is 29.9 Å². The van der Waals surface area contributed by atoms with E-state index in [1.165, 1.54) is 0 Å². The lowest BCUT2D eigenvalue weighted by molar-refractivity contribution is -0.115. The number of aromatic carboxylic acids is 1. The van der Waals surface area contributed by atoms with Gasteiger partial charge in [-0.2, -0.15) is 0 Å². The molecule has 1 aliphatic heterocycles. The molecule has 0 spiro atoms. The number of carbonyl (C=O) groups excluding carboxylic acids is 2. The smallest absolute Gasteiger partial charge is 0.335 e. The number of rotatable bonds is 10. The Bertz CT molecular complexity index is 1500. The van der Waals surface area contributed by atoms with Gasteiger partial charge in [0.25, 0.3) is 5.91 Å². The maximum atomic E-state index is 14.4. The van der Waals surface area contributed by atoms with Crippen molar-refractivity contribution in [1.29, 1.82) is 0 Å². The number of hydrogen-bond acceptors (Lipinski definition) is 7. The summed E-state index contributed by atoms with van der Waals surface area (Å²) >= 11 is 0. The van der Waals surface area contributed by atoms with Gasteiger partial charge >= 0.3 is 5.97 Å². The number of fused-ring (bicyclic) bond motifs is 1. The number of nitrogens with zero attached hydrogens (tertiary/aromatic N) is 2. The molecule has 0 radical (unpaired) electrons. The quantitative estimate of drug-likeness (QED) is 0.261. The van der Waals surface area contributed by atoms with Crippen molar-refractivity contribution in [2.45, 2.75) is 71.2 Å². The highest BCUT2D eigenvalue weighted by Gasteiger charge is 2.30. The number of nitrogens with one attached hydrogen (secondary N) is 1. The van der Waals surface area contributed by atoms with Crippen molar-refractivity contribution in [3.8, 4) is 5.75 Å². The third kappa shape index (κ3) is 10.6. The molecule has 0 unspecified atom stereocenters. The summed E-state index contributed by atoms with van der Waals surface area (Å²) in [5.41, 5.74) is 2.93. The first-order chi connectivity index (χ1) is 23.0. The second-order valence-electron chi connectivity index (χ2n) is 12.9. The van der Waals surface area contributed by atoms with Crippen molar-refractivity contribution < 1.29 is 34.1 Å². The Balaban J connectivity index is 1.57. The monoisotopic (exact) mass is 659 g/mol. The molecule has 10 heteroatoms. The summed E-state index contributed by atoms with van der Waals surface area (Å²) in [6.07, 6.45) is 2.35. The number of ether oxygens (including phenoxy) is 2. The molecule has 3 N–H and O–H groups in total. The number of carboxylic acid groups (broad SMARTS) is 1. The number of carbonyl (C=O) groups is 3. The van der Waals surface area contributed by atoms with Crippen LogP contribution in [0.1, 0.15) is 71.9 Å². The summed E-state index contributed by atoms with van der Waals surface area (Å²) in [5, 5.41) is 22.4. The van der Waals surface area contributed by atoms with Crippen LogP contribution >= 0.6 is 0 Å². The van der Waals surface area contributed by atoms with Gasteiger partial charge in [0.15, 0.2) is 0 Å². The number of carboxylic acids is 1. The lowest BCUT2D eigenvalue weighted by Crippen LogP contribution is -2.47. The first-order valence-electron chi connectivity index (χ1n) is 16.7. The van der Waals surface area contributed by atoms with Crippen LogP contribution in [0.4, 0.5) is 5.69 Å². The highest BCUT2D eigenvalue weighted by Crippen LogP contribution is 2.29. The van der Waals surface area contributed by atoms with E-state index in [2.05, 4.69) is 17.1 Å². The first-order valence-corrected chi connectivity index (χ1v) is 16.7. The highest BCUT2D eigenvalue weighted by molar-refractivity contribution is 6.00. The van der Waals surface area contributed by atoms with E-state index in [-0.39, 0.29) is 48.5 Å². The molecule has 258 valence electrons. The second kappa shape index (κ2) is 17.8. The first kappa shape index (κ1) is 36.6. The van der Waals surface area contributed by atoms with Gasteiger partial charge in [-0.1, -0.05) is 49.4 Å². The van der Waals surface area contributed by atoms with Gasteiger partial charge in [-0.05, 0) is 81.6 Å². The maximum absolute atomic E-state index is 14.4. The van der Waals surface area contributed by atoms with E-state index >= 15 is 0 Å². The van der Waals surface area contributed by atoms with Crippen LogP contribution in [0.15, 0.2) is 72.8 Å². The molecule has 1 aliphatic rings. The number of benzene rings is 3. The molecule has 10 nitrogen and oxygen atoms in total. The van der Waals surface area contributed by atoms with Gasteiger partial charge in [0, 0.05) is 37.8 Å². The van der Waals surface area contributed by atoms with Crippen LogP contribution < -0.4 is 10.1 Å². The highest BCUT2D eigenvalue weighted by atomic mass is 16.5. The van der Waals surface area contributed by atoms with Crippen molar-refractivity contribution in [3.63, 3.8) is 0 Å². The Morgan fingerprint density at radius 3 is 2.44 bits per heavy atom. The van der Waals surface area contributed by atoms with Crippen LogP contribution in [0.3, 0.4) is 0 Å². The van der Waals surface area contributed by atoms with Crippen molar-refractivity contribution in [2.24, 2.45) is 5.92 Å². The second-order valence-corrected chi connectivity index (χ2v) is 12.9. The third-order valence-corrected chi connectivity index (χ3v) is 8.69. The van der Waals surface area contributed by atoms with Crippen molar-refractivity contribution in [3.05, 3.63) is 95.1 Å². The fourth-order valence-electron chi connectivity index (χ4n) is 5.89. The maximum Gasteiger partial charge on any atom is 0.335 e. The molecule has 0 bridgehead atoms. The van der Waals surface area contributed by atoms with Crippen LogP contribution in [0.25, 0.3) is 0 Å². The van der Waals surface area contributed by atoms with E-state index in [0.29, 0.717) is 43.2 Å². The van der Waals surface area contributed by atoms with Gasteiger partial charge in [-0.15, -0.1) is 0 Å². The Morgan fingerprint density at radius 1 is 1.02 bits per heavy atom. The molecule has 0 fully saturated rings. The van der Waals surface area contributed by atoms with Crippen molar-refractivity contribution in [2.75, 3.05) is 38.7 Å². The minimum atomic E-state index is -0.958. The van der Waals surface area contributed by atoms with Gasteiger partial charge in [-0.25, -0.2) is 4.79 Å². The van der Waals surface area contributed by atoms with Crippen LogP contribution in [-0.2, 0) is 22.5 Å².